The molecule has 0 bridgehead atoms. The lowest BCUT2D eigenvalue weighted by atomic mass is 10.1. The molecule has 0 aliphatic heterocycles. The normalized spacial score (nSPS) is 10.9. The molecule has 0 spiro atoms. The molecule has 0 saturated carbocycles. The van der Waals surface area contributed by atoms with Gasteiger partial charge >= 0.3 is 0 Å². The van der Waals surface area contributed by atoms with Gasteiger partial charge in [-0.3, -0.25) is 9.78 Å². The van der Waals surface area contributed by atoms with Gasteiger partial charge in [-0.2, -0.15) is 0 Å². The van der Waals surface area contributed by atoms with Crippen molar-refractivity contribution in [3.8, 4) is 22.8 Å². The summed E-state index contributed by atoms with van der Waals surface area (Å²) in [7, 11) is 1.86. The molecule has 4 rings (SSSR count). The number of carbonyl (C=O) groups is 1. The fourth-order valence-corrected chi connectivity index (χ4v) is 4.26. The minimum absolute atomic E-state index is 0.136. The van der Waals surface area contributed by atoms with Crippen molar-refractivity contribution in [2.45, 2.75) is 19.0 Å². The van der Waals surface area contributed by atoms with Crippen molar-refractivity contribution in [1.29, 1.82) is 0 Å². The number of hydrogen-bond donors (Lipinski definition) is 1. The Balaban J connectivity index is 1.37. The number of pyridine rings is 1. The number of amides is 1. The van der Waals surface area contributed by atoms with Crippen molar-refractivity contribution in [2.24, 2.45) is 7.05 Å². The maximum atomic E-state index is 12.4. The first kappa shape index (κ1) is 20.2. The van der Waals surface area contributed by atoms with Crippen molar-refractivity contribution in [3.63, 3.8) is 0 Å². The third-order valence-electron chi connectivity index (χ3n) is 4.61. The molecule has 0 atom stereocenters. The third-order valence-corrected chi connectivity index (χ3v) is 6.39. The zero-order chi connectivity index (χ0) is 21.1. The number of benzene rings is 1. The van der Waals surface area contributed by atoms with Gasteiger partial charge < -0.3 is 9.88 Å². The molecule has 30 heavy (non-hydrogen) atoms. The maximum absolute atomic E-state index is 12.4. The molecule has 1 N–H and O–H groups in total. The summed E-state index contributed by atoms with van der Waals surface area (Å²) >= 11 is 2.74. The van der Waals surface area contributed by atoms with Crippen LogP contribution in [0.3, 0.4) is 0 Å². The lowest BCUT2D eigenvalue weighted by molar-refractivity contribution is -0.113. The van der Waals surface area contributed by atoms with Crippen LogP contribution in [0.15, 0.2) is 53.1 Å². The quantitative estimate of drug-likeness (QED) is 0.452. The molecule has 152 valence electrons. The van der Waals surface area contributed by atoms with Gasteiger partial charge in [0.15, 0.2) is 16.1 Å². The Labute approximate surface area is 182 Å². The van der Waals surface area contributed by atoms with Gasteiger partial charge in [0.25, 0.3) is 0 Å². The van der Waals surface area contributed by atoms with Crippen molar-refractivity contribution in [1.82, 2.24) is 24.7 Å². The average Bonchev–Trinajstić information content (AvgIpc) is 3.36. The number of thiazole rings is 1. The molecule has 1 amide bonds. The molecule has 0 radical (unpaired) electrons. The van der Waals surface area contributed by atoms with E-state index in [0.29, 0.717) is 16.1 Å². The number of anilines is 1. The molecule has 0 aliphatic rings. The van der Waals surface area contributed by atoms with Gasteiger partial charge in [0.05, 0.1) is 11.4 Å². The van der Waals surface area contributed by atoms with Gasteiger partial charge in [0.2, 0.25) is 5.91 Å². The molecule has 0 aliphatic carbocycles. The Morgan fingerprint density at radius 1 is 1.13 bits per heavy atom. The number of aromatic nitrogens is 5. The first-order chi connectivity index (χ1) is 14.5. The first-order valence-electron chi connectivity index (χ1n) is 9.28. The lowest BCUT2D eigenvalue weighted by Crippen LogP contribution is -2.14. The second-order valence-corrected chi connectivity index (χ2v) is 8.55. The zero-order valence-corrected chi connectivity index (χ0v) is 18.4. The number of aryl methyl sites for hydroxylation is 2. The Kier molecular flexibility index (Phi) is 5.91. The van der Waals surface area contributed by atoms with E-state index in [1.54, 1.807) is 6.20 Å². The van der Waals surface area contributed by atoms with Crippen molar-refractivity contribution >= 4 is 34.1 Å². The summed E-state index contributed by atoms with van der Waals surface area (Å²) in [6.45, 7) is 4.16. The van der Waals surface area contributed by atoms with Crippen LogP contribution in [0.4, 0.5) is 5.13 Å². The fourth-order valence-electron chi connectivity index (χ4n) is 2.81. The Hall–Kier alpha value is -3.04. The van der Waals surface area contributed by atoms with Crippen LogP contribution in [0.5, 0.6) is 0 Å². The number of hydrogen-bond acceptors (Lipinski definition) is 7. The first-order valence-corrected chi connectivity index (χ1v) is 11.1. The van der Waals surface area contributed by atoms with E-state index in [4.69, 9.17) is 0 Å². The number of thioether (sulfide) groups is 1. The zero-order valence-electron chi connectivity index (χ0n) is 16.8. The highest BCUT2D eigenvalue weighted by Crippen LogP contribution is 2.27. The molecule has 3 heterocycles. The van der Waals surface area contributed by atoms with E-state index in [0.717, 1.165) is 17.0 Å². The van der Waals surface area contributed by atoms with Crippen LogP contribution >= 0.6 is 23.1 Å². The molecule has 4 aromatic rings. The van der Waals surface area contributed by atoms with Crippen molar-refractivity contribution in [3.05, 3.63) is 59.1 Å². The fraction of sp³-hybridized carbons (Fsp3) is 0.190. The minimum atomic E-state index is -0.136. The smallest absolute Gasteiger partial charge is 0.236 e. The van der Waals surface area contributed by atoms with Gasteiger partial charge in [0, 0.05) is 24.2 Å². The van der Waals surface area contributed by atoms with Crippen LogP contribution in [0.25, 0.3) is 22.8 Å². The summed E-state index contributed by atoms with van der Waals surface area (Å²) in [5, 5.41) is 14.4. The van der Waals surface area contributed by atoms with Crippen molar-refractivity contribution in [2.75, 3.05) is 11.1 Å². The summed E-state index contributed by atoms with van der Waals surface area (Å²) in [5.74, 6) is 0.743. The van der Waals surface area contributed by atoms with E-state index in [2.05, 4.69) is 51.5 Å². The summed E-state index contributed by atoms with van der Waals surface area (Å²) in [5.41, 5.74) is 5.11. The number of rotatable bonds is 6. The van der Waals surface area contributed by atoms with Crippen LogP contribution < -0.4 is 5.32 Å². The Bertz CT molecular complexity index is 1190. The van der Waals surface area contributed by atoms with E-state index < -0.39 is 0 Å². The van der Waals surface area contributed by atoms with Gasteiger partial charge in [-0.15, -0.1) is 21.5 Å². The van der Waals surface area contributed by atoms with Gasteiger partial charge in [0.1, 0.15) is 5.69 Å². The number of nitrogens with one attached hydrogen (secondary N) is 1. The minimum Gasteiger partial charge on any atom is -0.304 e. The summed E-state index contributed by atoms with van der Waals surface area (Å²) < 4.78 is 1.83. The predicted molar refractivity (Wildman–Crippen MR) is 121 cm³/mol. The maximum Gasteiger partial charge on any atom is 0.236 e. The van der Waals surface area contributed by atoms with Gasteiger partial charge in [-0.05, 0) is 43.2 Å². The molecule has 9 heteroatoms. The predicted octanol–water partition coefficient (Wildman–Crippen LogP) is 4.35. The molecule has 0 unspecified atom stereocenters. The molecule has 0 saturated heterocycles. The molecule has 7 nitrogen and oxygen atoms in total. The highest BCUT2D eigenvalue weighted by molar-refractivity contribution is 7.99. The Morgan fingerprint density at radius 2 is 2.00 bits per heavy atom. The van der Waals surface area contributed by atoms with Gasteiger partial charge in [-0.1, -0.05) is 30.0 Å². The Morgan fingerprint density at radius 3 is 2.77 bits per heavy atom. The SMILES string of the molecule is Cc1ccc(-c2csc(NC(=O)CSc3nnc(-c4ccccn4)n3C)n2)cc1C. The van der Waals surface area contributed by atoms with E-state index in [1.807, 2.05) is 41.3 Å². The van der Waals surface area contributed by atoms with Crippen molar-refractivity contribution < 1.29 is 4.79 Å². The number of carbonyl (C=O) groups excluding carboxylic acids is 1. The third kappa shape index (κ3) is 4.42. The van der Waals surface area contributed by atoms with E-state index in [1.165, 1.54) is 34.2 Å². The second kappa shape index (κ2) is 8.76. The van der Waals surface area contributed by atoms with Gasteiger partial charge in [-0.25, -0.2) is 4.98 Å². The number of nitrogens with zero attached hydrogens (tertiary/aromatic N) is 5. The lowest BCUT2D eigenvalue weighted by Gasteiger charge is -2.04. The molecular formula is C21H20N6OS2. The monoisotopic (exact) mass is 436 g/mol. The summed E-state index contributed by atoms with van der Waals surface area (Å²) in [6.07, 6.45) is 1.71. The highest BCUT2D eigenvalue weighted by atomic mass is 32.2. The molecule has 3 aromatic heterocycles. The van der Waals surface area contributed by atoms with Crippen LogP contribution in [0, 0.1) is 13.8 Å². The second-order valence-electron chi connectivity index (χ2n) is 6.75. The van der Waals surface area contributed by atoms with E-state index in [-0.39, 0.29) is 11.7 Å². The van der Waals surface area contributed by atoms with E-state index in [9.17, 15) is 4.79 Å². The van der Waals surface area contributed by atoms with E-state index >= 15 is 0 Å². The molecular weight excluding hydrogens is 416 g/mol. The van der Waals surface area contributed by atoms with Crippen LogP contribution in [0.2, 0.25) is 0 Å². The molecule has 0 fully saturated rings. The summed E-state index contributed by atoms with van der Waals surface area (Å²) in [4.78, 5) is 21.2. The van der Waals surface area contributed by atoms with Crippen LogP contribution in [-0.2, 0) is 11.8 Å². The largest absolute Gasteiger partial charge is 0.304 e. The molecule has 1 aromatic carbocycles. The standard InChI is InChI=1S/C21H20N6OS2/c1-13-7-8-15(10-14(13)2)17-11-29-20(23-17)24-18(28)12-30-21-26-25-19(27(21)3)16-6-4-5-9-22-16/h4-11H,12H2,1-3H3,(H,23,24,28). The highest BCUT2D eigenvalue weighted by Gasteiger charge is 2.14. The van der Waals surface area contributed by atoms with Crippen LogP contribution in [-0.4, -0.2) is 36.4 Å². The van der Waals surface area contributed by atoms with Crippen LogP contribution in [0.1, 0.15) is 11.1 Å². The average molecular weight is 437 g/mol. The topological polar surface area (TPSA) is 85.6 Å². The summed E-state index contributed by atoms with van der Waals surface area (Å²) in [6, 6.07) is 11.9.